The maximum atomic E-state index is 12.8. The number of nitrogens with zero attached hydrogens (tertiary/aromatic N) is 2. The Labute approximate surface area is 175 Å². The quantitative estimate of drug-likeness (QED) is 0.608. The first kappa shape index (κ1) is 20.9. The number of rotatable bonds is 4. The summed E-state index contributed by atoms with van der Waals surface area (Å²) < 4.78 is 0. The zero-order valence-electron chi connectivity index (χ0n) is 17.1. The predicted molar refractivity (Wildman–Crippen MR) is 116 cm³/mol. The minimum absolute atomic E-state index is 0.0650. The first-order valence-electron chi connectivity index (χ1n) is 9.45. The zero-order valence-corrected chi connectivity index (χ0v) is 17.9. The van der Waals surface area contributed by atoms with Crippen molar-refractivity contribution < 1.29 is 14.4 Å². The van der Waals surface area contributed by atoms with Crippen molar-refractivity contribution in [1.82, 2.24) is 4.90 Å². The number of amides is 3. The molecule has 1 saturated heterocycles. The second kappa shape index (κ2) is 8.69. The van der Waals surface area contributed by atoms with Gasteiger partial charge in [0.05, 0.1) is 0 Å². The summed E-state index contributed by atoms with van der Waals surface area (Å²) in [6, 6.07) is 12.9. The van der Waals surface area contributed by atoms with E-state index in [1.807, 2.05) is 32.0 Å². The SMILES string of the molecule is Cc1ccc(N2CCC(C(=O)Nc3ccc(SC(=O)N(C)C)cc3)C2=O)cc1C. The highest BCUT2D eigenvalue weighted by molar-refractivity contribution is 8.13. The Morgan fingerprint density at radius 3 is 2.38 bits per heavy atom. The van der Waals surface area contributed by atoms with E-state index in [0.717, 1.165) is 27.9 Å². The van der Waals surface area contributed by atoms with E-state index in [1.54, 1.807) is 43.3 Å². The van der Waals surface area contributed by atoms with Crippen LogP contribution in [0.2, 0.25) is 0 Å². The van der Waals surface area contributed by atoms with Gasteiger partial charge in [0.15, 0.2) is 0 Å². The number of hydrogen-bond donors (Lipinski definition) is 1. The lowest BCUT2D eigenvalue weighted by molar-refractivity contribution is -0.129. The predicted octanol–water partition coefficient (Wildman–Crippen LogP) is 4.07. The van der Waals surface area contributed by atoms with E-state index in [9.17, 15) is 14.4 Å². The molecule has 29 heavy (non-hydrogen) atoms. The number of nitrogens with one attached hydrogen (secondary N) is 1. The van der Waals surface area contributed by atoms with E-state index in [4.69, 9.17) is 0 Å². The molecule has 0 bridgehead atoms. The van der Waals surface area contributed by atoms with E-state index < -0.39 is 5.92 Å². The fraction of sp³-hybridized carbons (Fsp3) is 0.318. The van der Waals surface area contributed by atoms with Gasteiger partial charge in [-0.2, -0.15) is 0 Å². The highest BCUT2D eigenvalue weighted by Crippen LogP contribution is 2.28. The summed E-state index contributed by atoms with van der Waals surface area (Å²) in [7, 11) is 3.40. The Morgan fingerprint density at radius 1 is 1.07 bits per heavy atom. The van der Waals surface area contributed by atoms with Crippen molar-refractivity contribution in [3.8, 4) is 0 Å². The highest BCUT2D eigenvalue weighted by atomic mass is 32.2. The van der Waals surface area contributed by atoms with E-state index in [1.165, 1.54) is 10.5 Å². The van der Waals surface area contributed by atoms with Crippen LogP contribution in [0.5, 0.6) is 0 Å². The Hall–Kier alpha value is -2.80. The van der Waals surface area contributed by atoms with Gasteiger partial charge in [-0.25, -0.2) is 0 Å². The summed E-state index contributed by atoms with van der Waals surface area (Å²) in [5, 5.41) is 2.75. The van der Waals surface area contributed by atoms with E-state index in [2.05, 4.69) is 5.32 Å². The summed E-state index contributed by atoms with van der Waals surface area (Å²) in [4.78, 5) is 41.2. The van der Waals surface area contributed by atoms with Gasteiger partial charge in [0.2, 0.25) is 11.8 Å². The van der Waals surface area contributed by atoms with Crippen LogP contribution in [-0.4, -0.2) is 42.6 Å². The minimum atomic E-state index is -0.694. The molecular weight excluding hydrogens is 386 g/mol. The van der Waals surface area contributed by atoms with Gasteiger partial charge in [-0.1, -0.05) is 6.07 Å². The molecule has 0 aromatic heterocycles. The van der Waals surface area contributed by atoms with Gasteiger partial charge >= 0.3 is 0 Å². The second-order valence-corrected chi connectivity index (χ2v) is 8.40. The summed E-state index contributed by atoms with van der Waals surface area (Å²) in [5.41, 5.74) is 3.73. The van der Waals surface area contributed by atoms with Crippen molar-refractivity contribution in [2.45, 2.75) is 25.2 Å². The topological polar surface area (TPSA) is 69.7 Å². The molecule has 0 aliphatic carbocycles. The number of carbonyl (C=O) groups excluding carboxylic acids is 3. The normalized spacial score (nSPS) is 16.1. The molecule has 0 radical (unpaired) electrons. The third-order valence-electron chi connectivity index (χ3n) is 5.02. The number of carbonyl (C=O) groups is 3. The number of anilines is 2. The maximum Gasteiger partial charge on any atom is 0.285 e. The van der Waals surface area contributed by atoms with Gasteiger partial charge in [0, 0.05) is 36.9 Å². The molecule has 1 heterocycles. The van der Waals surface area contributed by atoms with Crippen LogP contribution in [0.25, 0.3) is 0 Å². The van der Waals surface area contributed by atoms with Crippen LogP contribution in [0, 0.1) is 19.8 Å². The molecule has 7 heteroatoms. The van der Waals surface area contributed by atoms with Gasteiger partial charge in [-0.15, -0.1) is 0 Å². The van der Waals surface area contributed by atoms with Crippen LogP contribution in [0.4, 0.5) is 16.2 Å². The Kier molecular flexibility index (Phi) is 6.27. The third kappa shape index (κ3) is 4.79. The monoisotopic (exact) mass is 411 g/mol. The van der Waals surface area contributed by atoms with Crippen molar-refractivity contribution in [3.05, 3.63) is 53.6 Å². The molecule has 0 saturated carbocycles. The summed E-state index contributed by atoms with van der Waals surface area (Å²) >= 11 is 1.12. The number of thioether (sulfide) groups is 1. The first-order valence-corrected chi connectivity index (χ1v) is 10.3. The van der Waals surface area contributed by atoms with E-state index in [-0.39, 0.29) is 17.1 Å². The van der Waals surface area contributed by atoms with Crippen molar-refractivity contribution in [2.24, 2.45) is 5.92 Å². The first-order chi connectivity index (χ1) is 13.8. The summed E-state index contributed by atoms with van der Waals surface area (Å²) in [6.07, 6.45) is 0.489. The van der Waals surface area contributed by atoms with Crippen molar-refractivity contribution in [1.29, 1.82) is 0 Å². The molecule has 1 aliphatic heterocycles. The lowest BCUT2D eigenvalue weighted by atomic mass is 10.1. The Balaban J connectivity index is 1.63. The van der Waals surface area contributed by atoms with Crippen LogP contribution in [0.1, 0.15) is 17.5 Å². The largest absolute Gasteiger partial charge is 0.339 e. The second-order valence-electron chi connectivity index (χ2n) is 7.38. The zero-order chi connectivity index (χ0) is 21.1. The highest BCUT2D eigenvalue weighted by Gasteiger charge is 2.37. The van der Waals surface area contributed by atoms with Gasteiger partial charge in [0.1, 0.15) is 5.92 Å². The molecule has 1 N–H and O–H groups in total. The van der Waals surface area contributed by atoms with Crippen LogP contribution in [0.3, 0.4) is 0 Å². The van der Waals surface area contributed by atoms with Gasteiger partial charge in [-0.05, 0) is 79.6 Å². The lowest BCUT2D eigenvalue weighted by Crippen LogP contribution is -2.33. The van der Waals surface area contributed by atoms with Crippen LogP contribution >= 0.6 is 11.8 Å². The van der Waals surface area contributed by atoms with Crippen LogP contribution in [0.15, 0.2) is 47.4 Å². The molecule has 6 nitrogen and oxygen atoms in total. The lowest BCUT2D eigenvalue weighted by Gasteiger charge is -2.18. The van der Waals surface area contributed by atoms with Crippen molar-refractivity contribution in [3.63, 3.8) is 0 Å². The third-order valence-corrected chi connectivity index (χ3v) is 6.06. The minimum Gasteiger partial charge on any atom is -0.339 e. The average Bonchev–Trinajstić information content (AvgIpc) is 3.07. The Bertz CT molecular complexity index is 941. The maximum absolute atomic E-state index is 12.8. The van der Waals surface area contributed by atoms with E-state index in [0.29, 0.717) is 18.7 Å². The smallest absolute Gasteiger partial charge is 0.285 e. The molecule has 3 amide bonds. The Morgan fingerprint density at radius 2 is 1.76 bits per heavy atom. The molecule has 1 fully saturated rings. The molecule has 3 rings (SSSR count). The van der Waals surface area contributed by atoms with Gasteiger partial charge in [0.25, 0.3) is 5.24 Å². The molecule has 1 aliphatic rings. The molecule has 2 aromatic rings. The molecule has 152 valence electrons. The fourth-order valence-corrected chi connectivity index (χ4v) is 3.76. The van der Waals surface area contributed by atoms with Crippen molar-refractivity contribution >= 4 is 40.2 Å². The molecule has 2 aromatic carbocycles. The number of hydrogen-bond acceptors (Lipinski definition) is 4. The van der Waals surface area contributed by atoms with Gasteiger partial charge < -0.3 is 15.1 Å². The summed E-state index contributed by atoms with van der Waals surface area (Å²) in [5.74, 6) is -1.17. The molecule has 1 atom stereocenters. The van der Waals surface area contributed by atoms with Gasteiger partial charge in [-0.3, -0.25) is 14.4 Å². The molecule has 1 unspecified atom stereocenters. The van der Waals surface area contributed by atoms with E-state index >= 15 is 0 Å². The number of aryl methyl sites for hydroxylation is 2. The molecule has 0 spiro atoms. The standard InChI is InChI=1S/C22H25N3O3S/c1-14-5-8-17(13-15(14)2)25-12-11-19(21(25)27)20(26)23-16-6-9-18(10-7-16)29-22(28)24(3)4/h5-10,13,19H,11-12H2,1-4H3,(H,23,26). The number of benzene rings is 2. The summed E-state index contributed by atoms with van der Waals surface area (Å²) in [6.45, 7) is 4.57. The molecular formula is C22H25N3O3S. The van der Waals surface area contributed by atoms with Crippen LogP contribution < -0.4 is 10.2 Å². The van der Waals surface area contributed by atoms with Crippen LogP contribution in [-0.2, 0) is 9.59 Å². The fourth-order valence-electron chi connectivity index (χ4n) is 3.10. The average molecular weight is 412 g/mol. The van der Waals surface area contributed by atoms with Crippen molar-refractivity contribution in [2.75, 3.05) is 30.9 Å².